The fourth-order valence-corrected chi connectivity index (χ4v) is 4.77. The molecule has 0 aliphatic carbocycles. The maximum atomic E-state index is 12.4. The Kier molecular flexibility index (Phi) is 4.82. The molecule has 2 aliphatic rings. The van der Waals surface area contributed by atoms with Crippen LogP contribution in [0.3, 0.4) is 0 Å². The first-order chi connectivity index (χ1) is 11.9. The van der Waals surface area contributed by atoms with Crippen molar-refractivity contribution < 1.29 is 23.7 Å². The zero-order valence-corrected chi connectivity index (χ0v) is 14.5. The summed E-state index contributed by atoms with van der Waals surface area (Å²) in [6.45, 7) is 3.73. The Labute approximate surface area is 148 Å². The first kappa shape index (κ1) is 17.5. The molecule has 3 rings (SSSR count). The third kappa shape index (κ3) is 3.14. The van der Waals surface area contributed by atoms with Gasteiger partial charge < -0.3 is 14.6 Å². The van der Waals surface area contributed by atoms with Crippen LogP contribution in [0.4, 0.5) is 0 Å². The van der Waals surface area contributed by atoms with Crippen LogP contribution in [-0.4, -0.2) is 57.6 Å². The topological polar surface area (TPSA) is 98.8 Å². The standard InChI is InChI=1S/C17H18N2O5S/c1-10-9-25(23)16-13(15(21)19(16)14(10)17(22)24-2)18-12(20)8-11-6-4-3-5-7-11/h3-7,13-14,16H,1,8-9H2,2H3,(H,18,20)/t13?,14?,16-,25?/m1/s1. The number of hydrogen-bond acceptors (Lipinski definition) is 5. The fourth-order valence-electron chi connectivity index (χ4n) is 3.11. The summed E-state index contributed by atoms with van der Waals surface area (Å²) in [5.41, 5.74) is 1.19. The summed E-state index contributed by atoms with van der Waals surface area (Å²) < 4.78 is 17.1. The molecule has 8 heteroatoms. The normalized spacial score (nSPS) is 28.0. The van der Waals surface area contributed by atoms with E-state index >= 15 is 0 Å². The Bertz CT molecular complexity index is 723. The molecule has 4 atom stereocenters. The number of nitrogens with one attached hydrogen (secondary N) is 1. The summed E-state index contributed by atoms with van der Waals surface area (Å²) in [4.78, 5) is 37.8. The molecule has 0 aromatic heterocycles. The summed E-state index contributed by atoms with van der Waals surface area (Å²) in [5.74, 6) is -1.30. The summed E-state index contributed by atoms with van der Waals surface area (Å²) in [7, 11) is 1.22. The van der Waals surface area contributed by atoms with Crippen molar-refractivity contribution in [2.24, 2.45) is 0 Å². The molecule has 2 fully saturated rings. The minimum absolute atomic E-state index is 0.0965. The van der Waals surface area contributed by atoms with E-state index in [0.717, 1.165) is 5.56 Å². The van der Waals surface area contributed by atoms with Gasteiger partial charge in [0, 0.05) is 5.57 Å². The molecule has 25 heavy (non-hydrogen) atoms. The first-order valence-electron chi connectivity index (χ1n) is 7.72. The lowest BCUT2D eigenvalue weighted by atomic mass is 9.98. The van der Waals surface area contributed by atoms with Crippen LogP contribution in [0.2, 0.25) is 0 Å². The summed E-state index contributed by atoms with van der Waals surface area (Å²) in [6, 6.07) is 7.28. The maximum absolute atomic E-state index is 12.4. The predicted molar refractivity (Wildman–Crippen MR) is 90.7 cm³/mol. The number of rotatable bonds is 4. The Balaban J connectivity index is 1.70. The van der Waals surface area contributed by atoms with E-state index in [-0.39, 0.29) is 18.1 Å². The van der Waals surface area contributed by atoms with Gasteiger partial charge in [0.15, 0.2) is 12.1 Å². The van der Waals surface area contributed by atoms with Crippen LogP contribution in [-0.2, 0) is 36.7 Å². The molecule has 1 aromatic rings. The van der Waals surface area contributed by atoms with E-state index in [9.17, 15) is 18.9 Å². The van der Waals surface area contributed by atoms with Gasteiger partial charge in [-0.1, -0.05) is 36.9 Å². The smallest absolute Gasteiger partial charge is 0.333 e. The van der Waals surface area contributed by atoms with Crippen molar-refractivity contribution in [3.05, 3.63) is 48.0 Å². The molecule has 132 valence electrons. The lowest BCUT2D eigenvalue weighted by Gasteiger charge is -2.52. The third-order valence-electron chi connectivity index (χ3n) is 4.29. The van der Waals surface area contributed by atoms with Gasteiger partial charge in [0.2, 0.25) is 11.3 Å². The third-order valence-corrected chi connectivity index (χ3v) is 5.98. The molecule has 0 radical (unpaired) electrons. The van der Waals surface area contributed by atoms with Crippen molar-refractivity contribution in [3.8, 4) is 0 Å². The number of benzene rings is 1. The second-order valence-corrected chi connectivity index (χ2v) is 7.49. The van der Waals surface area contributed by atoms with E-state index in [2.05, 4.69) is 11.9 Å². The van der Waals surface area contributed by atoms with Crippen LogP contribution in [0.1, 0.15) is 5.56 Å². The molecular weight excluding hydrogens is 344 g/mol. The van der Waals surface area contributed by atoms with Gasteiger partial charge in [-0.15, -0.1) is 0 Å². The van der Waals surface area contributed by atoms with E-state index in [1.54, 1.807) is 0 Å². The first-order valence-corrected chi connectivity index (χ1v) is 9.10. The number of nitrogens with zero attached hydrogens (tertiary/aromatic N) is 1. The summed E-state index contributed by atoms with van der Waals surface area (Å²) in [6.07, 6.45) is 0.122. The highest BCUT2D eigenvalue weighted by Gasteiger charge is 2.62. The largest absolute Gasteiger partial charge is 0.614 e. The zero-order chi connectivity index (χ0) is 18.1. The molecule has 7 nitrogen and oxygen atoms in total. The molecule has 2 heterocycles. The molecule has 1 aromatic carbocycles. The monoisotopic (exact) mass is 362 g/mol. The lowest BCUT2D eigenvalue weighted by Crippen LogP contribution is -2.78. The second kappa shape index (κ2) is 6.89. The van der Waals surface area contributed by atoms with Gasteiger partial charge >= 0.3 is 5.97 Å². The number of hydrogen-bond donors (Lipinski definition) is 1. The van der Waals surface area contributed by atoms with E-state index in [1.807, 2.05) is 30.3 Å². The van der Waals surface area contributed by atoms with Crippen molar-refractivity contribution in [1.82, 2.24) is 10.2 Å². The highest BCUT2D eigenvalue weighted by Crippen LogP contribution is 2.36. The van der Waals surface area contributed by atoms with E-state index in [4.69, 9.17) is 4.74 Å². The number of methoxy groups -OCH3 is 1. The fraction of sp³-hybridized carbons (Fsp3) is 0.353. The summed E-state index contributed by atoms with van der Waals surface area (Å²) >= 11 is -1.43. The molecule has 0 spiro atoms. The molecule has 2 aliphatic heterocycles. The van der Waals surface area contributed by atoms with Crippen molar-refractivity contribution in [2.45, 2.75) is 23.9 Å². The highest BCUT2D eigenvalue weighted by atomic mass is 32.2. The van der Waals surface area contributed by atoms with E-state index in [0.29, 0.717) is 5.57 Å². The summed E-state index contributed by atoms with van der Waals surface area (Å²) in [5, 5.41) is 1.90. The molecule has 3 unspecified atom stereocenters. The van der Waals surface area contributed by atoms with Gasteiger partial charge in [0.25, 0.3) is 5.91 Å². The Hall–Kier alpha value is -2.32. The number of ether oxygens (including phenoxy) is 1. The lowest BCUT2D eigenvalue weighted by molar-refractivity contribution is -0.162. The van der Waals surface area contributed by atoms with Crippen LogP contribution >= 0.6 is 0 Å². The molecule has 0 bridgehead atoms. The number of esters is 1. The van der Waals surface area contributed by atoms with Gasteiger partial charge in [-0.05, 0) is 16.7 Å². The van der Waals surface area contributed by atoms with E-state index in [1.165, 1.54) is 12.0 Å². The number of carbonyl (C=O) groups excluding carboxylic acids is 3. The van der Waals surface area contributed by atoms with Crippen LogP contribution in [0.5, 0.6) is 0 Å². The van der Waals surface area contributed by atoms with Gasteiger partial charge in [-0.2, -0.15) is 0 Å². The maximum Gasteiger partial charge on any atom is 0.333 e. The average Bonchev–Trinajstić information content (AvgIpc) is 2.59. The van der Waals surface area contributed by atoms with Crippen LogP contribution in [0, 0.1) is 0 Å². The quantitative estimate of drug-likeness (QED) is 0.344. The van der Waals surface area contributed by atoms with Crippen molar-refractivity contribution >= 4 is 29.0 Å². The Morgan fingerprint density at radius 2 is 2.08 bits per heavy atom. The average molecular weight is 362 g/mol. The molecule has 2 saturated heterocycles. The Morgan fingerprint density at radius 1 is 1.40 bits per heavy atom. The molecule has 0 saturated carbocycles. The second-order valence-electron chi connectivity index (χ2n) is 5.95. The predicted octanol–water partition coefficient (Wildman–Crippen LogP) is -0.258. The zero-order valence-electron chi connectivity index (χ0n) is 13.6. The van der Waals surface area contributed by atoms with E-state index < -0.39 is 40.5 Å². The van der Waals surface area contributed by atoms with Gasteiger partial charge in [-0.3, -0.25) is 14.5 Å². The molecule has 2 amide bonds. The molecule has 1 N–H and O–H groups in total. The molecular formula is C17H18N2O5S. The van der Waals surface area contributed by atoms with Gasteiger partial charge in [0.05, 0.1) is 13.5 Å². The van der Waals surface area contributed by atoms with Crippen molar-refractivity contribution in [2.75, 3.05) is 12.9 Å². The van der Waals surface area contributed by atoms with Crippen LogP contribution < -0.4 is 5.32 Å². The Morgan fingerprint density at radius 3 is 2.72 bits per heavy atom. The number of fused-ring (bicyclic) bond motifs is 1. The minimum atomic E-state index is -1.43. The SMILES string of the molecule is C=C1C[S+]([O-])[C@@H]2C(NC(=O)Cc3ccccc3)C(=O)N2C1C(=O)OC. The highest BCUT2D eigenvalue weighted by molar-refractivity contribution is 7.92. The number of amides is 2. The number of carbonyl (C=O) groups is 3. The van der Waals surface area contributed by atoms with Gasteiger partial charge in [0.1, 0.15) is 5.75 Å². The van der Waals surface area contributed by atoms with Gasteiger partial charge in [-0.25, -0.2) is 4.79 Å². The van der Waals surface area contributed by atoms with Crippen LogP contribution in [0.15, 0.2) is 42.5 Å². The van der Waals surface area contributed by atoms with Crippen LogP contribution in [0.25, 0.3) is 0 Å². The van der Waals surface area contributed by atoms with Crippen molar-refractivity contribution in [1.29, 1.82) is 0 Å². The minimum Gasteiger partial charge on any atom is -0.614 e. The number of β-lactam (4-membered cyclic amide) rings is 1. The van der Waals surface area contributed by atoms with Crippen molar-refractivity contribution in [3.63, 3.8) is 0 Å².